The maximum atomic E-state index is 12.9. The zero-order chi connectivity index (χ0) is 28.0. The summed E-state index contributed by atoms with van der Waals surface area (Å²) < 4.78 is 0. The molecule has 1 rings (SSSR count). The number of allylic oxidation sites excluding steroid dienone is 2. The van der Waals surface area contributed by atoms with E-state index >= 15 is 0 Å². The third-order valence-electron chi connectivity index (χ3n) is 6.83. The van der Waals surface area contributed by atoms with Gasteiger partial charge in [0.25, 0.3) is 0 Å². The number of amides is 2. The molecule has 2 atom stereocenters. The van der Waals surface area contributed by atoms with Crippen LogP contribution in [0.1, 0.15) is 116 Å². The van der Waals surface area contributed by atoms with Gasteiger partial charge in [0.1, 0.15) is 12.1 Å². The lowest BCUT2D eigenvalue weighted by Crippen LogP contribution is -2.53. The quantitative estimate of drug-likeness (QED) is 0.112. The number of carboxylic acids is 1. The summed E-state index contributed by atoms with van der Waals surface area (Å²) in [4.78, 5) is 37.1. The lowest BCUT2D eigenvalue weighted by molar-refractivity contribution is -0.143. The first-order chi connectivity index (χ1) is 18.3. The molecule has 2 amide bonds. The molecular formula is C32H52N2O4. The molecule has 0 aromatic heterocycles. The summed E-state index contributed by atoms with van der Waals surface area (Å²) in [5.74, 6) is -1.98. The van der Waals surface area contributed by atoms with E-state index in [1.165, 1.54) is 51.4 Å². The Bertz CT molecular complexity index is 807. The van der Waals surface area contributed by atoms with Gasteiger partial charge in [-0.25, -0.2) is 4.79 Å². The van der Waals surface area contributed by atoms with Crippen LogP contribution in [0.25, 0.3) is 0 Å². The van der Waals surface area contributed by atoms with Gasteiger partial charge in [-0.3, -0.25) is 9.59 Å². The van der Waals surface area contributed by atoms with Crippen molar-refractivity contribution in [1.29, 1.82) is 0 Å². The van der Waals surface area contributed by atoms with E-state index in [1.54, 1.807) is 13.8 Å². The minimum atomic E-state index is -1.08. The van der Waals surface area contributed by atoms with Gasteiger partial charge in [0.05, 0.1) is 0 Å². The summed E-state index contributed by atoms with van der Waals surface area (Å²) in [7, 11) is 0. The van der Waals surface area contributed by atoms with E-state index in [1.807, 2.05) is 30.3 Å². The van der Waals surface area contributed by atoms with Crippen molar-refractivity contribution in [3.05, 3.63) is 48.0 Å². The van der Waals surface area contributed by atoms with Crippen molar-refractivity contribution in [3.8, 4) is 0 Å². The highest BCUT2D eigenvalue weighted by atomic mass is 16.4. The van der Waals surface area contributed by atoms with E-state index in [0.717, 1.165) is 37.7 Å². The predicted molar refractivity (Wildman–Crippen MR) is 156 cm³/mol. The number of nitrogens with one attached hydrogen (secondary N) is 2. The summed E-state index contributed by atoms with van der Waals surface area (Å²) in [5, 5.41) is 14.9. The fourth-order valence-corrected chi connectivity index (χ4v) is 4.45. The molecule has 0 radical (unpaired) electrons. The monoisotopic (exact) mass is 528 g/mol. The van der Waals surface area contributed by atoms with Gasteiger partial charge >= 0.3 is 5.97 Å². The number of carboxylic acid groups (broad SMARTS) is 1. The molecule has 1 aromatic rings. The number of carbonyl (C=O) groups excluding carboxylic acids is 2. The molecule has 0 fully saturated rings. The number of unbranched alkanes of at least 4 members (excludes halogenated alkanes) is 11. The number of benzene rings is 1. The maximum absolute atomic E-state index is 12.9. The Balaban J connectivity index is 2.31. The zero-order valence-electron chi connectivity index (χ0n) is 24.1. The average molecular weight is 529 g/mol. The second-order valence-corrected chi connectivity index (χ2v) is 10.7. The molecule has 0 heterocycles. The second kappa shape index (κ2) is 21.3. The molecule has 0 bridgehead atoms. The molecule has 38 heavy (non-hydrogen) atoms. The van der Waals surface area contributed by atoms with Crippen LogP contribution in [0.5, 0.6) is 0 Å². The van der Waals surface area contributed by atoms with Crippen molar-refractivity contribution in [2.75, 3.05) is 0 Å². The minimum Gasteiger partial charge on any atom is -0.480 e. The average Bonchev–Trinajstić information content (AvgIpc) is 2.89. The van der Waals surface area contributed by atoms with Crippen LogP contribution >= 0.6 is 0 Å². The molecule has 3 N–H and O–H groups in total. The van der Waals surface area contributed by atoms with Crippen LogP contribution in [0.15, 0.2) is 42.5 Å². The van der Waals surface area contributed by atoms with Crippen LogP contribution in [0, 0.1) is 5.92 Å². The van der Waals surface area contributed by atoms with Gasteiger partial charge in [0.15, 0.2) is 0 Å². The van der Waals surface area contributed by atoms with Crippen molar-refractivity contribution in [2.45, 2.75) is 129 Å². The molecule has 0 saturated carbocycles. The fourth-order valence-electron chi connectivity index (χ4n) is 4.45. The van der Waals surface area contributed by atoms with Crippen LogP contribution in [-0.2, 0) is 20.8 Å². The topological polar surface area (TPSA) is 95.5 Å². The van der Waals surface area contributed by atoms with E-state index in [9.17, 15) is 19.5 Å². The van der Waals surface area contributed by atoms with Crippen molar-refractivity contribution >= 4 is 17.8 Å². The van der Waals surface area contributed by atoms with Gasteiger partial charge in [0, 0.05) is 12.8 Å². The Morgan fingerprint density at radius 2 is 1.34 bits per heavy atom. The molecule has 0 aliphatic carbocycles. The Morgan fingerprint density at radius 3 is 1.89 bits per heavy atom. The van der Waals surface area contributed by atoms with Gasteiger partial charge in [-0.1, -0.05) is 115 Å². The second-order valence-electron chi connectivity index (χ2n) is 10.7. The normalized spacial score (nSPS) is 12.9. The van der Waals surface area contributed by atoms with Crippen molar-refractivity contribution in [1.82, 2.24) is 10.6 Å². The molecular weight excluding hydrogens is 476 g/mol. The zero-order valence-corrected chi connectivity index (χ0v) is 24.1. The third kappa shape index (κ3) is 16.3. The highest BCUT2D eigenvalue weighted by Gasteiger charge is 2.28. The number of hydrogen-bond donors (Lipinski definition) is 3. The Kier molecular flexibility index (Phi) is 18.7. The van der Waals surface area contributed by atoms with Crippen LogP contribution in [-0.4, -0.2) is 35.0 Å². The molecule has 0 aliphatic heterocycles. The van der Waals surface area contributed by atoms with E-state index in [2.05, 4.69) is 29.7 Å². The fraction of sp³-hybridized carbons (Fsp3) is 0.656. The first kappa shape index (κ1) is 33.4. The number of hydrogen-bond acceptors (Lipinski definition) is 3. The van der Waals surface area contributed by atoms with Crippen LogP contribution in [0.4, 0.5) is 0 Å². The van der Waals surface area contributed by atoms with E-state index < -0.39 is 24.0 Å². The first-order valence-electron chi connectivity index (χ1n) is 14.9. The number of aliphatic carboxylic acids is 1. The van der Waals surface area contributed by atoms with Gasteiger partial charge in [-0.2, -0.15) is 0 Å². The molecule has 0 spiro atoms. The van der Waals surface area contributed by atoms with Gasteiger partial charge < -0.3 is 15.7 Å². The molecule has 1 aromatic carbocycles. The van der Waals surface area contributed by atoms with E-state index in [-0.39, 0.29) is 11.8 Å². The molecule has 0 unspecified atom stereocenters. The number of carbonyl (C=O) groups is 3. The highest BCUT2D eigenvalue weighted by Crippen LogP contribution is 2.11. The SMILES string of the molecule is CCCCCCCC/C=C\CCCCCCCC(=O)N[C@@H](Cc1ccccc1)C(=O)N[C@H](C(=O)O)C(C)C. The standard InChI is InChI=1S/C32H52N2O4/c1-4-5-6-7-8-9-10-11-12-13-14-15-16-17-21-24-29(35)33-28(25-27-22-19-18-20-23-27)31(36)34-30(26(2)3)32(37)38/h11-12,18-20,22-23,26,28,30H,4-10,13-17,21,24-25H2,1-3H3,(H,33,35)(H,34,36)(H,37,38)/b12-11-/t28-,30-/m0/s1. The first-order valence-corrected chi connectivity index (χ1v) is 14.9. The summed E-state index contributed by atoms with van der Waals surface area (Å²) in [6.07, 6.45) is 20.9. The Morgan fingerprint density at radius 1 is 0.789 bits per heavy atom. The molecule has 0 saturated heterocycles. The summed E-state index contributed by atoms with van der Waals surface area (Å²) in [5.41, 5.74) is 0.908. The van der Waals surface area contributed by atoms with Crippen LogP contribution in [0.3, 0.4) is 0 Å². The molecule has 214 valence electrons. The number of rotatable bonds is 22. The van der Waals surface area contributed by atoms with Crippen LogP contribution in [0.2, 0.25) is 0 Å². The predicted octanol–water partition coefficient (Wildman–Crippen LogP) is 6.98. The summed E-state index contributed by atoms with van der Waals surface area (Å²) in [6, 6.07) is 7.64. The largest absolute Gasteiger partial charge is 0.480 e. The highest BCUT2D eigenvalue weighted by molar-refractivity contribution is 5.90. The third-order valence-corrected chi connectivity index (χ3v) is 6.83. The Labute approximate surface area is 231 Å². The summed E-state index contributed by atoms with van der Waals surface area (Å²) in [6.45, 7) is 5.74. The lowest BCUT2D eigenvalue weighted by Gasteiger charge is -2.23. The van der Waals surface area contributed by atoms with Gasteiger partial charge in [0.2, 0.25) is 11.8 Å². The maximum Gasteiger partial charge on any atom is 0.326 e. The van der Waals surface area contributed by atoms with Gasteiger partial charge in [-0.15, -0.1) is 0 Å². The van der Waals surface area contributed by atoms with E-state index in [4.69, 9.17) is 0 Å². The Hall–Kier alpha value is -2.63. The molecule has 0 aliphatic rings. The van der Waals surface area contributed by atoms with E-state index in [0.29, 0.717) is 12.8 Å². The lowest BCUT2D eigenvalue weighted by atomic mass is 10.0. The summed E-state index contributed by atoms with van der Waals surface area (Å²) >= 11 is 0. The van der Waals surface area contributed by atoms with Crippen molar-refractivity contribution in [3.63, 3.8) is 0 Å². The minimum absolute atomic E-state index is 0.171. The van der Waals surface area contributed by atoms with Crippen LogP contribution < -0.4 is 10.6 Å². The molecule has 6 nitrogen and oxygen atoms in total. The van der Waals surface area contributed by atoms with Crippen molar-refractivity contribution < 1.29 is 19.5 Å². The smallest absolute Gasteiger partial charge is 0.326 e. The van der Waals surface area contributed by atoms with Gasteiger partial charge in [-0.05, 0) is 43.6 Å². The van der Waals surface area contributed by atoms with Crippen molar-refractivity contribution in [2.24, 2.45) is 5.92 Å². The molecule has 6 heteroatoms.